The Morgan fingerprint density at radius 3 is 2.58 bits per heavy atom. The minimum Gasteiger partial charge on any atom is -0.469 e. The Labute approximate surface area is 117 Å². The fraction of sp³-hybridized carbons (Fsp3) is 0.286. The van der Waals surface area contributed by atoms with Crippen LogP contribution in [-0.2, 0) is 14.3 Å². The second kappa shape index (κ2) is 8.32. The molecular formula is C14H16ClNO3. The van der Waals surface area contributed by atoms with Crippen LogP contribution in [0.4, 0.5) is 5.69 Å². The predicted octanol–water partition coefficient (Wildman–Crippen LogP) is 2.83. The van der Waals surface area contributed by atoms with E-state index >= 15 is 0 Å². The molecule has 0 saturated heterocycles. The van der Waals surface area contributed by atoms with Gasteiger partial charge in [-0.05, 0) is 17.7 Å². The molecule has 0 aliphatic heterocycles. The number of esters is 1. The molecule has 0 bridgehead atoms. The van der Waals surface area contributed by atoms with Gasteiger partial charge in [0.15, 0.2) is 0 Å². The molecule has 0 aliphatic rings. The number of nitrogens with one attached hydrogen (secondary N) is 1. The predicted molar refractivity (Wildman–Crippen MR) is 76.1 cm³/mol. The van der Waals surface area contributed by atoms with Crippen LogP contribution in [0.1, 0.15) is 18.4 Å². The number of halogens is 1. The van der Waals surface area contributed by atoms with Crippen molar-refractivity contribution in [2.24, 2.45) is 0 Å². The van der Waals surface area contributed by atoms with Gasteiger partial charge < -0.3 is 10.1 Å². The molecule has 0 spiro atoms. The van der Waals surface area contributed by atoms with Crippen LogP contribution >= 0.6 is 11.6 Å². The standard InChI is InChI=1S/C14H16ClNO3/c1-19-14(18)4-2-3-11-5-7-12(8-6-11)16-13(17)9-10-15/h2-3,5-8H,4,9-10H2,1H3,(H,16,17). The minimum absolute atomic E-state index is 0.107. The van der Waals surface area contributed by atoms with Gasteiger partial charge in [-0.3, -0.25) is 9.59 Å². The van der Waals surface area contributed by atoms with Gasteiger partial charge in [-0.25, -0.2) is 0 Å². The lowest BCUT2D eigenvalue weighted by Crippen LogP contribution is -2.11. The molecule has 4 nitrogen and oxygen atoms in total. The van der Waals surface area contributed by atoms with Crippen molar-refractivity contribution in [1.82, 2.24) is 0 Å². The summed E-state index contributed by atoms with van der Waals surface area (Å²) >= 11 is 5.47. The minimum atomic E-state index is -0.277. The average molecular weight is 282 g/mol. The number of rotatable bonds is 6. The summed E-state index contributed by atoms with van der Waals surface area (Å²) in [5.41, 5.74) is 1.67. The Morgan fingerprint density at radius 1 is 1.32 bits per heavy atom. The molecule has 0 radical (unpaired) electrons. The lowest BCUT2D eigenvalue weighted by atomic mass is 10.2. The summed E-state index contributed by atoms with van der Waals surface area (Å²) in [5, 5.41) is 2.73. The number of carbonyl (C=O) groups excluding carboxylic acids is 2. The molecule has 102 valence electrons. The van der Waals surface area contributed by atoms with E-state index in [1.54, 1.807) is 18.2 Å². The van der Waals surface area contributed by atoms with Gasteiger partial charge in [0.1, 0.15) is 0 Å². The van der Waals surface area contributed by atoms with Gasteiger partial charge in [0.25, 0.3) is 0 Å². The molecule has 0 heterocycles. The monoisotopic (exact) mass is 281 g/mol. The van der Waals surface area contributed by atoms with Crippen molar-refractivity contribution in [3.8, 4) is 0 Å². The van der Waals surface area contributed by atoms with E-state index in [2.05, 4.69) is 10.1 Å². The maximum absolute atomic E-state index is 11.3. The number of anilines is 1. The summed E-state index contributed by atoms with van der Waals surface area (Å²) in [4.78, 5) is 22.2. The summed E-state index contributed by atoms with van der Waals surface area (Å²) in [7, 11) is 1.36. The first-order valence-electron chi connectivity index (χ1n) is 5.85. The Bertz CT molecular complexity index is 454. The fourth-order valence-corrected chi connectivity index (χ4v) is 1.53. The van der Waals surface area contributed by atoms with Crippen LogP contribution in [0.5, 0.6) is 0 Å². The van der Waals surface area contributed by atoms with Crippen molar-refractivity contribution >= 4 is 35.2 Å². The van der Waals surface area contributed by atoms with Gasteiger partial charge in [0.05, 0.1) is 13.5 Å². The van der Waals surface area contributed by atoms with Crippen LogP contribution < -0.4 is 5.32 Å². The molecule has 0 fully saturated rings. The van der Waals surface area contributed by atoms with Crippen molar-refractivity contribution in [2.45, 2.75) is 12.8 Å². The van der Waals surface area contributed by atoms with Crippen LogP contribution in [0.25, 0.3) is 6.08 Å². The van der Waals surface area contributed by atoms with Gasteiger partial charge >= 0.3 is 5.97 Å². The Balaban J connectivity index is 2.52. The normalized spacial score (nSPS) is 10.4. The molecule has 19 heavy (non-hydrogen) atoms. The van der Waals surface area contributed by atoms with E-state index in [0.717, 1.165) is 11.3 Å². The molecule has 0 aliphatic carbocycles. The number of carbonyl (C=O) groups is 2. The SMILES string of the molecule is COC(=O)CC=Cc1ccc(NC(=O)CCCl)cc1. The lowest BCUT2D eigenvalue weighted by Gasteiger charge is -2.04. The van der Waals surface area contributed by atoms with Crippen molar-refractivity contribution < 1.29 is 14.3 Å². The first-order valence-corrected chi connectivity index (χ1v) is 6.38. The highest BCUT2D eigenvalue weighted by atomic mass is 35.5. The summed E-state index contributed by atoms with van der Waals surface area (Å²) in [6.07, 6.45) is 4.08. The maximum atomic E-state index is 11.3. The van der Waals surface area contributed by atoms with Crippen molar-refractivity contribution in [3.63, 3.8) is 0 Å². The molecule has 1 aromatic rings. The van der Waals surface area contributed by atoms with Crippen molar-refractivity contribution in [1.29, 1.82) is 0 Å². The molecule has 0 unspecified atom stereocenters. The molecule has 1 aromatic carbocycles. The number of ether oxygens (including phenoxy) is 1. The summed E-state index contributed by atoms with van der Waals surface area (Å²) in [5.74, 6) is -0.0783. The van der Waals surface area contributed by atoms with Crippen LogP contribution in [0.15, 0.2) is 30.3 Å². The highest BCUT2D eigenvalue weighted by molar-refractivity contribution is 6.19. The van der Waals surface area contributed by atoms with E-state index in [1.165, 1.54) is 7.11 Å². The van der Waals surface area contributed by atoms with Gasteiger partial charge in [0, 0.05) is 18.0 Å². The first-order chi connectivity index (χ1) is 9.15. The molecule has 5 heteroatoms. The van der Waals surface area contributed by atoms with E-state index in [4.69, 9.17) is 11.6 Å². The van der Waals surface area contributed by atoms with Gasteiger partial charge in [-0.1, -0.05) is 24.3 Å². The third kappa shape index (κ3) is 6.06. The quantitative estimate of drug-likeness (QED) is 0.644. The largest absolute Gasteiger partial charge is 0.469 e. The number of methoxy groups -OCH3 is 1. The Kier molecular flexibility index (Phi) is 6.68. The zero-order valence-electron chi connectivity index (χ0n) is 10.7. The molecule has 0 saturated carbocycles. The Morgan fingerprint density at radius 2 is 2.00 bits per heavy atom. The fourth-order valence-electron chi connectivity index (χ4n) is 1.36. The second-order valence-electron chi connectivity index (χ2n) is 3.79. The maximum Gasteiger partial charge on any atom is 0.309 e. The highest BCUT2D eigenvalue weighted by Gasteiger charge is 2.00. The third-order valence-electron chi connectivity index (χ3n) is 2.34. The average Bonchev–Trinajstić information content (AvgIpc) is 2.41. The topological polar surface area (TPSA) is 55.4 Å². The van der Waals surface area contributed by atoms with Crippen LogP contribution in [0.2, 0.25) is 0 Å². The number of alkyl halides is 1. The van der Waals surface area contributed by atoms with E-state index in [-0.39, 0.29) is 18.3 Å². The van der Waals surface area contributed by atoms with Crippen LogP contribution in [0, 0.1) is 0 Å². The molecule has 0 aromatic heterocycles. The molecule has 1 amide bonds. The number of amides is 1. The summed E-state index contributed by atoms with van der Waals surface area (Å²) in [6, 6.07) is 7.29. The number of hydrogen-bond acceptors (Lipinski definition) is 3. The van der Waals surface area contributed by atoms with E-state index in [9.17, 15) is 9.59 Å². The highest BCUT2D eigenvalue weighted by Crippen LogP contribution is 2.11. The van der Waals surface area contributed by atoms with E-state index in [1.807, 2.05) is 18.2 Å². The van der Waals surface area contributed by atoms with E-state index in [0.29, 0.717) is 12.3 Å². The van der Waals surface area contributed by atoms with Crippen molar-refractivity contribution in [2.75, 3.05) is 18.3 Å². The van der Waals surface area contributed by atoms with Crippen molar-refractivity contribution in [3.05, 3.63) is 35.9 Å². The molecular weight excluding hydrogens is 266 g/mol. The zero-order valence-corrected chi connectivity index (χ0v) is 11.4. The molecule has 1 N–H and O–H groups in total. The lowest BCUT2D eigenvalue weighted by molar-refractivity contribution is -0.139. The number of hydrogen-bond donors (Lipinski definition) is 1. The molecule has 1 rings (SSSR count). The van der Waals surface area contributed by atoms with Gasteiger partial charge in [-0.15, -0.1) is 11.6 Å². The first kappa shape index (κ1) is 15.2. The third-order valence-corrected chi connectivity index (χ3v) is 2.53. The van der Waals surface area contributed by atoms with E-state index < -0.39 is 0 Å². The van der Waals surface area contributed by atoms with Crippen LogP contribution in [-0.4, -0.2) is 24.9 Å². The Hall–Kier alpha value is -1.81. The van der Waals surface area contributed by atoms with Crippen LogP contribution in [0.3, 0.4) is 0 Å². The summed E-state index contributed by atoms with van der Waals surface area (Å²) in [6.45, 7) is 0. The number of benzene rings is 1. The van der Waals surface area contributed by atoms with Gasteiger partial charge in [-0.2, -0.15) is 0 Å². The molecule has 0 atom stereocenters. The van der Waals surface area contributed by atoms with Gasteiger partial charge in [0.2, 0.25) is 5.91 Å². The second-order valence-corrected chi connectivity index (χ2v) is 4.17. The summed E-state index contributed by atoms with van der Waals surface area (Å²) < 4.78 is 4.53. The smallest absolute Gasteiger partial charge is 0.309 e. The zero-order chi connectivity index (χ0) is 14.1.